The molecule has 3 rings (SSSR count). The van der Waals surface area contributed by atoms with Crippen LogP contribution >= 0.6 is 15.9 Å². The average Bonchev–Trinajstić information content (AvgIpc) is 3.05. The largest absolute Gasteiger partial charge is 0.494 e. The molecule has 2 saturated carbocycles. The van der Waals surface area contributed by atoms with Crippen molar-refractivity contribution in [3.05, 3.63) is 28.7 Å². The number of fused-ring (bicyclic) bond motifs is 1. The van der Waals surface area contributed by atoms with Crippen molar-refractivity contribution in [2.24, 2.45) is 17.3 Å². The number of nitrogens with one attached hydrogen (secondary N) is 1. The van der Waals surface area contributed by atoms with E-state index in [1.54, 1.807) is 0 Å². The molecule has 2 atom stereocenters. The van der Waals surface area contributed by atoms with Crippen LogP contribution in [0.4, 0.5) is 0 Å². The van der Waals surface area contributed by atoms with Crippen molar-refractivity contribution in [1.29, 1.82) is 0 Å². The van der Waals surface area contributed by atoms with Crippen LogP contribution < -0.4 is 10.1 Å². The molecule has 0 saturated heterocycles. The Morgan fingerprint density at radius 3 is 2.76 bits per heavy atom. The Hall–Kier alpha value is -0.540. The fraction of sp³-hybridized carbons (Fsp3) is 0.667. The van der Waals surface area contributed by atoms with Crippen LogP contribution in [0, 0.1) is 17.3 Å². The molecule has 2 aliphatic rings. The van der Waals surface area contributed by atoms with Gasteiger partial charge in [-0.05, 0) is 61.1 Å². The fourth-order valence-corrected chi connectivity index (χ4v) is 4.18. The van der Waals surface area contributed by atoms with Crippen molar-refractivity contribution in [2.75, 3.05) is 13.2 Å². The number of halogens is 1. The maximum absolute atomic E-state index is 5.97. The zero-order valence-electron chi connectivity index (χ0n) is 13.1. The Bertz CT molecular complexity index is 478. The van der Waals surface area contributed by atoms with E-state index in [1.165, 1.54) is 25.7 Å². The van der Waals surface area contributed by atoms with Gasteiger partial charge in [-0.3, -0.25) is 0 Å². The van der Waals surface area contributed by atoms with E-state index in [0.29, 0.717) is 11.5 Å². The molecule has 1 aromatic rings. The minimum Gasteiger partial charge on any atom is -0.494 e. The Balaban J connectivity index is 1.53. The lowest BCUT2D eigenvalue weighted by atomic mass is 9.79. The minimum atomic E-state index is 0.476. The van der Waals surface area contributed by atoms with E-state index in [9.17, 15) is 0 Å². The van der Waals surface area contributed by atoms with Gasteiger partial charge in [-0.1, -0.05) is 35.8 Å². The lowest BCUT2D eigenvalue weighted by Crippen LogP contribution is -2.38. The smallest absolute Gasteiger partial charge is 0.120 e. The molecule has 2 nitrogen and oxygen atoms in total. The van der Waals surface area contributed by atoms with Gasteiger partial charge in [-0.25, -0.2) is 0 Å². The van der Waals surface area contributed by atoms with Crippen molar-refractivity contribution in [2.45, 2.75) is 45.6 Å². The highest BCUT2D eigenvalue weighted by atomic mass is 79.9. The Labute approximate surface area is 136 Å². The molecule has 0 aliphatic heterocycles. The maximum atomic E-state index is 5.97. The first-order chi connectivity index (χ1) is 10.1. The summed E-state index contributed by atoms with van der Waals surface area (Å²) in [5.41, 5.74) is 0.476. The minimum absolute atomic E-state index is 0.476. The van der Waals surface area contributed by atoms with Crippen LogP contribution in [-0.2, 0) is 0 Å². The summed E-state index contributed by atoms with van der Waals surface area (Å²) in [6.45, 7) is 6.46. The summed E-state index contributed by atoms with van der Waals surface area (Å²) < 4.78 is 7.05. The zero-order valence-corrected chi connectivity index (χ0v) is 14.7. The summed E-state index contributed by atoms with van der Waals surface area (Å²) in [6.07, 6.45) is 5.46. The molecule has 0 spiro atoms. The SMILES string of the molecule is CC(C)NCC1(CCOc2cccc(Br)c2)CC2CC2C1. The molecular formula is C18H26BrNO. The summed E-state index contributed by atoms with van der Waals surface area (Å²) in [5, 5.41) is 3.66. The molecule has 1 aromatic carbocycles. The van der Waals surface area contributed by atoms with Gasteiger partial charge in [0, 0.05) is 17.1 Å². The molecule has 0 heterocycles. The Morgan fingerprint density at radius 2 is 2.10 bits per heavy atom. The first-order valence-corrected chi connectivity index (χ1v) is 8.97. The molecule has 3 heteroatoms. The first kappa shape index (κ1) is 15.4. The maximum Gasteiger partial charge on any atom is 0.120 e. The van der Waals surface area contributed by atoms with Crippen LogP contribution in [0.3, 0.4) is 0 Å². The van der Waals surface area contributed by atoms with Gasteiger partial charge in [0.1, 0.15) is 5.75 Å². The van der Waals surface area contributed by atoms with E-state index in [-0.39, 0.29) is 0 Å². The number of ether oxygens (including phenoxy) is 1. The van der Waals surface area contributed by atoms with Crippen LogP contribution in [0.25, 0.3) is 0 Å². The third-order valence-electron chi connectivity index (χ3n) is 5.04. The lowest BCUT2D eigenvalue weighted by Gasteiger charge is -2.32. The van der Waals surface area contributed by atoms with Crippen LogP contribution in [0.2, 0.25) is 0 Å². The first-order valence-electron chi connectivity index (χ1n) is 8.18. The van der Waals surface area contributed by atoms with E-state index < -0.39 is 0 Å². The van der Waals surface area contributed by atoms with Gasteiger partial charge < -0.3 is 10.1 Å². The third kappa shape index (κ3) is 4.01. The Kier molecular flexibility index (Phi) is 4.60. The monoisotopic (exact) mass is 351 g/mol. The van der Waals surface area contributed by atoms with Gasteiger partial charge in [0.05, 0.1) is 6.61 Å². The average molecular weight is 352 g/mol. The van der Waals surface area contributed by atoms with Crippen LogP contribution in [-0.4, -0.2) is 19.2 Å². The second-order valence-electron chi connectivity index (χ2n) is 7.26. The highest BCUT2D eigenvalue weighted by molar-refractivity contribution is 9.10. The number of rotatable bonds is 7. The van der Waals surface area contributed by atoms with Crippen LogP contribution in [0.5, 0.6) is 5.75 Å². The topological polar surface area (TPSA) is 21.3 Å². The van der Waals surface area contributed by atoms with E-state index in [2.05, 4.69) is 35.1 Å². The van der Waals surface area contributed by atoms with Gasteiger partial charge in [-0.2, -0.15) is 0 Å². The molecular weight excluding hydrogens is 326 g/mol. The van der Waals surface area contributed by atoms with E-state index in [1.807, 2.05) is 24.3 Å². The zero-order chi connectivity index (χ0) is 14.9. The summed E-state index contributed by atoms with van der Waals surface area (Å²) in [6, 6.07) is 8.72. The molecule has 1 N–H and O–H groups in total. The lowest BCUT2D eigenvalue weighted by molar-refractivity contribution is 0.173. The standard InChI is InChI=1S/C18H26BrNO/c1-13(2)20-12-18(10-14-8-15(14)11-18)6-7-21-17-5-3-4-16(19)9-17/h3-5,9,13-15,20H,6-8,10-12H2,1-2H3. The number of hydrogen-bond acceptors (Lipinski definition) is 2. The summed E-state index contributed by atoms with van der Waals surface area (Å²) >= 11 is 3.50. The van der Waals surface area contributed by atoms with E-state index in [0.717, 1.165) is 35.2 Å². The number of benzene rings is 1. The Morgan fingerprint density at radius 1 is 1.33 bits per heavy atom. The van der Waals surface area contributed by atoms with Crippen molar-refractivity contribution < 1.29 is 4.74 Å². The highest BCUT2D eigenvalue weighted by Gasteiger charge is 2.53. The van der Waals surface area contributed by atoms with Gasteiger partial charge in [0.2, 0.25) is 0 Å². The molecule has 2 aliphatic carbocycles. The molecule has 0 bridgehead atoms. The van der Waals surface area contributed by atoms with Gasteiger partial charge >= 0.3 is 0 Å². The fourth-order valence-electron chi connectivity index (χ4n) is 3.81. The third-order valence-corrected chi connectivity index (χ3v) is 5.54. The van der Waals surface area contributed by atoms with Crippen molar-refractivity contribution >= 4 is 15.9 Å². The van der Waals surface area contributed by atoms with Crippen LogP contribution in [0.1, 0.15) is 39.5 Å². The second kappa shape index (κ2) is 6.29. The van der Waals surface area contributed by atoms with Crippen LogP contribution in [0.15, 0.2) is 28.7 Å². The highest BCUT2D eigenvalue weighted by Crippen LogP contribution is 2.60. The quantitative estimate of drug-likeness (QED) is 0.772. The summed E-state index contributed by atoms with van der Waals surface area (Å²) in [5.74, 6) is 3.01. The van der Waals surface area contributed by atoms with Gasteiger partial charge in [0.25, 0.3) is 0 Å². The number of hydrogen-bond donors (Lipinski definition) is 1. The molecule has 21 heavy (non-hydrogen) atoms. The molecule has 0 aromatic heterocycles. The van der Waals surface area contributed by atoms with Crippen molar-refractivity contribution in [3.8, 4) is 5.75 Å². The van der Waals surface area contributed by atoms with Crippen molar-refractivity contribution in [1.82, 2.24) is 5.32 Å². The molecule has 0 radical (unpaired) electrons. The summed E-state index contributed by atoms with van der Waals surface area (Å²) in [7, 11) is 0. The van der Waals surface area contributed by atoms with E-state index in [4.69, 9.17) is 4.74 Å². The van der Waals surface area contributed by atoms with Gasteiger partial charge in [-0.15, -0.1) is 0 Å². The molecule has 2 unspecified atom stereocenters. The molecule has 0 amide bonds. The molecule has 116 valence electrons. The normalized spacial score (nSPS) is 30.5. The molecule has 2 fully saturated rings. The predicted molar refractivity (Wildman–Crippen MR) is 90.7 cm³/mol. The second-order valence-corrected chi connectivity index (χ2v) is 8.17. The summed E-state index contributed by atoms with van der Waals surface area (Å²) in [4.78, 5) is 0. The predicted octanol–water partition coefficient (Wildman–Crippen LogP) is 4.63. The van der Waals surface area contributed by atoms with E-state index >= 15 is 0 Å². The van der Waals surface area contributed by atoms with Gasteiger partial charge in [0.15, 0.2) is 0 Å². The van der Waals surface area contributed by atoms with Crippen molar-refractivity contribution in [3.63, 3.8) is 0 Å².